The zero-order valence-electron chi connectivity index (χ0n) is 15.3. The first-order valence-corrected chi connectivity index (χ1v) is 10.4. The second-order valence-electron chi connectivity index (χ2n) is 7.73. The van der Waals surface area contributed by atoms with Gasteiger partial charge in [-0.05, 0) is 67.7 Å². The Bertz CT molecular complexity index is 627. The highest BCUT2D eigenvalue weighted by Gasteiger charge is 2.54. The van der Waals surface area contributed by atoms with Crippen LogP contribution in [0.5, 0.6) is 0 Å². The molecular weight excluding hydrogens is 441 g/mol. The van der Waals surface area contributed by atoms with Crippen LogP contribution in [-0.2, 0) is 6.42 Å². The van der Waals surface area contributed by atoms with E-state index in [1.807, 2.05) is 0 Å². The van der Waals surface area contributed by atoms with Gasteiger partial charge in [-0.15, -0.1) is 24.0 Å². The predicted molar refractivity (Wildman–Crippen MR) is 119 cm³/mol. The van der Waals surface area contributed by atoms with E-state index in [4.69, 9.17) is 4.99 Å². The molecule has 0 spiro atoms. The van der Waals surface area contributed by atoms with Crippen molar-refractivity contribution in [2.75, 3.05) is 25.4 Å². The molecule has 25 heavy (non-hydrogen) atoms. The van der Waals surface area contributed by atoms with E-state index in [2.05, 4.69) is 60.5 Å². The number of benzene rings is 1. The molecule has 1 aromatic rings. The number of thioether (sulfide) groups is 1. The summed E-state index contributed by atoms with van der Waals surface area (Å²) in [6.07, 6.45) is 3.91. The number of guanidine groups is 1. The van der Waals surface area contributed by atoms with Crippen molar-refractivity contribution in [3.05, 3.63) is 35.4 Å². The Kier molecular flexibility index (Phi) is 6.24. The van der Waals surface area contributed by atoms with E-state index < -0.39 is 0 Å². The van der Waals surface area contributed by atoms with E-state index in [9.17, 15) is 0 Å². The molecule has 0 aromatic heterocycles. The molecule has 0 radical (unpaired) electrons. The fourth-order valence-electron chi connectivity index (χ4n) is 4.53. The van der Waals surface area contributed by atoms with Crippen LogP contribution in [0.25, 0.3) is 0 Å². The number of rotatable bonds is 5. The van der Waals surface area contributed by atoms with Crippen molar-refractivity contribution in [3.63, 3.8) is 0 Å². The minimum atomic E-state index is 0. The van der Waals surface area contributed by atoms with E-state index in [-0.39, 0.29) is 24.0 Å². The molecule has 1 saturated heterocycles. The molecule has 5 heteroatoms. The first-order valence-electron chi connectivity index (χ1n) is 9.44. The lowest BCUT2D eigenvalue weighted by Crippen LogP contribution is -2.39. The van der Waals surface area contributed by atoms with Crippen molar-refractivity contribution in [3.8, 4) is 0 Å². The highest BCUT2D eigenvalue weighted by atomic mass is 127. The summed E-state index contributed by atoms with van der Waals surface area (Å²) < 4.78 is 0.345. The Morgan fingerprint density at radius 2 is 2.16 bits per heavy atom. The minimum Gasteiger partial charge on any atom is -0.357 e. The van der Waals surface area contributed by atoms with Crippen molar-refractivity contribution in [2.24, 2.45) is 16.8 Å². The first-order chi connectivity index (χ1) is 11.7. The summed E-state index contributed by atoms with van der Waals surface area (Å²) in [6, 6.07) is 9.00. The standard InChI is InChI=1S/C20H29N3S.HI/c1-3-21-19(23-13-20(2)9-6-10-24-20)22-12-17-16-11-14-7-4-5-8-15(14)18(16)17;/h4-5,7-8,16-18H,3,6,9-13H2,1-2H3,(H2,21,22,23);1H. The SMILES string of the molecule is CCNC(=NCC1(C)CCCS1)NCC1C2Cc3ccccc3C12.I. The molecule has 1 aliphatic heterocycles. The molecule has 0 amide bonds. The van der Waals surface area contributed by atoms with E-state index in [0.29, 0.717) is 4.75 Å². The number of hydrogen-bond acceptors (Lipinski definition) is 2. The topological polar surface area (TPSA) is 36.4 Å². The maximum atomic E-state index is 4.88. The third kappa shape index (κ3) is 4.12. The molecule has 3 aliphatic rings. The highest BCUT2D eigenvalue weighted by Crippen LogP contribution is 2.60. The van der Waals surface area contributed by atoms with Crippen LogP contribution in [0.4, 0.5) is 0 Å². The molecule has 3 nitrogen and oxygen atoms in total. The van der Waals surface area contributed by atoms with Gasteiger partial charge in [-0.2, -0.15) is 11.8 Å². The molecule has 4 rings (SSSR count). The summed E-state index contributed by atoms with van der Waals surface area (Å²) in [4.78, 5) is 4.88. The lowest BCUT2D eigenvalue weighted by atomic mass is 10.0. The van der Waals surface area contributed by atoms with E-state index in [0.717, 1.165) is 43.3 Å². The lowest BCUT2D eigenvalue weighted by molar-refractivity contribution is 0.610. The van der Waals surface area contributed by atoms with Gasteiger partial charge < -0.3 is 10.6 Å². The predicted octanol–water partition coefficient (Wildman–Crippen LogP) is 4.03. The number of aliphatic imine (C=N–C) groups is 1. The molecule has 1 heterocycles. The van der Waals surface area contributed by atoms with Crippen LogP contribution in [-0.4, -0.2) is 36.1 Å². The summed E-state index contributed by atoms with van der Waals surface area (Å²) in [5, 5.41) is 7.03. The average Bonchev–Trinajstić information content (AvgIpc) is 2.93. The van der Waals surface area contributed by atoms with Gasteiger partial charge in [0.25, 0.3) is 0 Å². The van der Waals surface area contributed by atoms with Gasteiger partial charge in [0.15, 0.2) is 5.96 Å². The zero-order chi connectivity index (χ0) is 16.6. The Morgan fingerprint density at radius 1 is 1.32 bits per heavy atom. The number of halogens is 1. The Labute approximate surface area is 173 Å². The lowest BCUT2D eigenvalue weighted by Gasteiger charge is -2.21. The summed E-state index contributed by atoms with van der Waals surface area (Å²) in [7, 11) is 0. The van der Waals surface area contributed by atoms with Gasteiger partial charge >= 0.3 is 0 Å². The van der Waals surface area contributed by atoms with Gasteiger partial charge in [-0.3, -0.25) is 4.99 Å². The van der Waals surface area contributed by atoms with E-state index in [1.54, 1.807) is 11.1 Å². The van der Waals surface area contributed by atoms with Crippen LogP contribution in [0.3, 0.4) is 0 Å². The van der Waals surface area contributed by atoms with Gasteiger partial charge in [-0.1, -0.05) is 24.3 Å². The third-order valence-corrected chi connectivity index (χ3v) is 7.45. The maximum absolute atomic E-state index is 4.88. The van der Waals surface area contributed by atoms with Crippen molar-refractivity contribution < 1.29 is 0 Å². The smallest absolute Gasteiger partial charge is 0.191 e. The fraction of sp³-hybridized carbons (Fsp3) is 0.650. The summed E-state index contributed by atoms with van der Waals surface area (Å²) >= 11 is 2.08. The quantitative estimate of drug-likeness (QED) is 0.387. The Balaban J connectivity index is 0.00000182. The van der Waals surface area contributed by atoms with Crippen LogP contribution < -0.4 is 10.6 Å². The fourth-order valence-corrected chi connectivity index (χ4v) is 5.75. The summed E-state index contributed by atoms with van der Waals surface area (Å²) in [5.41, 5.74) is 3.18. The van der Waals surface area contributed by atoms with Crippen LogP contribution in [0.15, 0.2) is 29.3 Å². The molecule has 2 fully saturated rings. The van der Waals surface area contributed by atoms with Crippen LogP contribution in [0.1, 0.15) is 43.7 Å². The summed E-state index contributed by atoms with van der Waals surface area (Å²) in [6.45, 7) is 7.41. The van der Waals surface area contributed by atoms with Gasteiger partial charge in [0.2, 0.25) is 0 Å². The van der Waals surface area contributed by atoms with Crippen LogP contribution >= 0.6 is 35.7 Å². The normalized spacial score (nSPS) is 32.6. The number of nitrogens with zero attached hydrogens (tertiary/aromatic N) is 1. The molecule has 4 unspecified atom stereocenters. The molecule has 1 saturated carbocycles. The Hall–Kier alpha value is -0.430. The van der Waals surface area contributed by atoms with E-state index >= 15 is 0 Å². The number of fused-ring (bicyclic) bond motifs is 3. The molecule has 138 valence electrons. The minimum absolute atomic E-state index is 0. The molecule has 2 N–H and O–H groups in total. The second kappa shape index (κ2) is 8.07. The molecule has 4 atom stereocenters. The third-order valence-electron chi connectivity index (χ3n) is 5.92. The molecule has 0 bridgehead atoms. The average molecular weight is 471 g/mol. The van der Waals surface area contributed by atoms with Gasteiger partial charge in [0, 0.05) is 17.8 Å². The number of nitrogens with one attached hydrogen (secondary N) is 2. The largest absolute Gasteiger partial charge is 0.357 e. The van der Waals surface area contributed by atoms with Crippen LogP contribution in [0, 0.1) is 11.8 Å². The Morgan fingerprint density at radius 3 is 2.92 bits per heavy atom. The van der Waals surface area contributed by atoms with Crippen molar-refractivity contribution in [2.45, 2.75) is 43.8 Å². The van der Waals surface area contributed by atoms with Crippen molar-refractivity contribution in [1.82, 2.24) is 10.6 Å². The molecule has 2 aliphatic carbocycles. The van der Waals surface area contributed by atoms with Crippen molar-refractivity contribution in [1.29, 1.82) is 0 Å². The first kappa shape index (κ1) is 19.3. The van der Waals surface area contributed by atoms with Gasteiger partial charge in [0.05, 0.1) is 6.54 Å². The van der Waals surface area contributed by atoms with Crippen LogP contribution in [0.2, 0.25) is 0 Å². The maximum Gasteiger partial charge on any atom is 0.191 e. The van der Waals surface area contributed by atoms with Gasteiger partial charge in [-0.25, -0.2) is 0 Å². The number of hydrogen-bond donors (Lipinski definition) is 2. The molecule has 1 aromatic carbocycles. The highest BCUT2D eigenvalue weighted by molar-refractivity contribution is 14.0. The van der Waals surface area contributed by atoms with E-state index in [1.165, 1.54) is 25.0 Å². The zero-order valence-corrected chi connectivity index (χ0v) is 18.4. The molecular formula is C20H30IN3S. The van der Waals surface area contributed by atoms with Gasteiger partial charge in [0.1, 0.15) is 0 Å². The second-order valence-corrected chi connectivity index (χ2v) is 9.42. The van der Waals surface area contributed by atoms with Crippen molar-refractivity contribution >= 4 is 41.7 Å². The monoisotopic (exact) mass is 471 g/mol. The summed E-state index contributed by atoms with van der Waals surface area (Å²) in [5.74, 6) is 4.74.